The quantitative estimate of drug-likeness (QED) is 0.361. The zero-order valence-corrected chi connectivity index (χ0v) is 20.9. The molecule has 0 saturated heterocycles. The number of benzene rings is 3. The Balaban J connectivity index is 1.34. The minimum atomic E-state index is -1.06. The number of halogens is 1. The van der Waals surface area contributed by atoms with Gasteiger partial charge in [0.05, 0.1) is 16.7 Å². The van der Waals surface area contributed by atoms with Gasteiger partial charge in [-0.1, -0.05) is 48.5 Å². The zero-order valence-electron chi connectivity index (χ0n) is 19.3. The minimum Gasteiger partial charge on any atom is -0.478 e. The highest BCUT2D eigenvalue weighted by atomic mass is 79.9. The van der Waals surface area contributed by atoms with Gasteiger partial charge in [-0.2, -0.15) is 0 Å². The van der Waals surface area contributed by atoms with Gasteiger partial charge in [0, 0.05) is 16.9 Å². The van der Waals surface area contributed by atoms with Crippen LogP contribution in [0.4, 0.5) is 10.5 Å². The predicted octanol–water partition coefficient (Wildman–Crippen LogP) is 5.65. The van der Waals surface area contributed by atoms with Crippen LogP contribution in [0, 0.1) is 5.41 Å². The molecule has 3 aromatic rings. The lowest BCUT2D eigenvalue weighted by Gasteiger charge is -2.24. The molecule has 2 amide bonds. The van der Waals surface area contributed by atoms with Crippen molar-refractivity contribution in [2.45, 2.75) is 19.8 Å². The van der Waals surface area contributed by atoms with Crippen molar-refractivity contribution in [3.8, 4) is 11.1 Å². The summed E-state index contributed by atoms with van der Waals surface area (Å²) >= 11 is 3.28. The fourth-order valence-electron chi connectivity index (χ4n) is 4.06. The average Bonchev–Trinajstić information content (AvgIpc) is 3.16. The smallest absolute Gasteiger partial charge is 0.407 e. The van der Waals surface area contributed by atoms with E-state index in [2.05, 4.69) is 50.8 Å². The van der Waals surface area contributed by atoms with Gasteiger partial charge in [-0.15, -0.1) is 0 Å². The lowest BCUT2D eigenvalue weighted by atomic mass is 9.92. The Hall–Kier alpha value is -3.65. The number of aromatic carboxylic acids is 1. The highest BCUT2D eigenvalue weighted by molar-refractivity contribution is 9.10. The first kappa shape index (κ1) is 24.5. The Morgan fingerprint density at radius 2 is 1.57 bits per heavy atom. The first-order valence-electron chi connectivity index (χ1n) is 11.1. The van der Waals surface area contributed by atoms with Gasteiger partial charge in [0.25, 0.3) is 0 Å². The van der Waals surface area contributed by atoms with E-state index < -0.39 is 17.5 Å². The van der Waals surface area contributed by atoms with Crippen molar-refractivity contribution in [3.63, 3.8) is 0 Å². The van der Waals surface area contributed by atoms with Crippen LogP contribution < -0.4 is 10.6 Å². The summed E-state index contributed by atoms with van der Waals surface area (Å²) in [6, 6.07) is 20.5. The fourth-order valence-corrected chi connectivity index (χ4v) is 4.54. The van der Waals surface area contributed by atoms with E-state index in [0.717, 1.165) is 22.3 Å². The van der Waals surface area contributed by atoms with Gasteiger partial charge in [0.15, 0.2) is 0 Å². The molecule has 0 radical (unpaired) electrons. The maximum atomic E-state index is 12.8. The summed E-state index contributed by atoms with van der Waals surface area (Å²) in [5, 5.41) is 14.5. The molecule has 0 unspecified atom stereocenters. The van der Waals surface area contributed by atoms with E-state index >= 15 is 0 Å². The molecule has 0 aromatic heterocycles. The second-order valence-electron chi connectivity index (χ2n) is 9.02. The van der Waals surface area contributed by atoms with Crippen molar-refractivity contribution in [2.75, 3.05) is 18.5 Å². The number of amides is 2. The van der Waals surface area contributed by atoms with Crippen LogP contribution >= 0.6 is 15.9 Å². The van der Waals surface area contributed by atoms with E-state index in [4.69, 9.17) is 9.84 Å². The molecule has 3 aromatic carbocycles. The van der Waals surface area contributed by atoms with E-state index in [1.165, 1.54) is 18.2 Å². The van der Waals surface area contributed by atoms with Gasteiger partial charge < -0.3 is 20.5 Å². The van der Waals surface area contributed by atoms with Crippen LogP contribution in [0.5, 0.6) is 0 Å². The van der Waals surface area contributed by atoms with E-state index in [1.54, 1.807) is 13.8 Å². The molecule has 7 nitrogen and oxygen atoms in total. The number of hydrogen-bond donors (Lipinski definition) is 3. The van der Waals surface area contributed by atoms with E-state index in [1.807, 2.05) is 24.3 Å². The molecule has 8 heteroatoms. The molecular weight excluding hydrogens is 512 g/mol. The number of carboxylic acids is 1. The number of anilines is 1. The van der Waals surface area contributed by atoms with Crippen molar-refractivity contribution in [1.29, 1.82) is 0 Å². The van der Waals surface area contributed by atoms with Crippen LogP contribution in [-0.4, -0.2) is 36.2 Å². The number of rotatable bonds is 7. The van der Waals surface area contributed by atoms with Crippen LogP contribution in [0.15, 0.2) is 71.2 Å². The zero-order chi connectivity index (χ0) is 25.2. The van der Waals surface area contributed by atoms with Crippen molar-refractivity contribution in [3.05, 3.63) is 87.9 Å². The molecule has 180 valence electrons. The van der Waals surface area contributed by atoms with Crippen LogP contribution in [0.25, 0.3) is 11.1 Å². The molecule has 0 fully saturated rings. The Bertz CT molecular complexity index is 1260. The molecule has 0 saturated carbocycles. The number of carbonyl (C=O) groups is 3. The van der Waals surface area contributed by atoms with Crippen molar-refractivity contribution >= 4 is 39.6 Å². The molecule has 1 aliphatic rings. The Labute approximate surface area is 211 Å². The third-order valence-corrected chi connectivity index (χ3v) is 6.75. The lowest BCUT2D eigenvalue weighted by molar-refractivity contribution is -0.123. The normalized spacial score (nSPS) is 12.4. The monoisotopic (exact) mass is 536 g/mol. The number of carboxylic acid groups (broad SMARTS) is 1. The fraction of sp³-hybridized carbons (Fsp3) is 0.222. The number of hydrogen-bond acceptors (Lipinski definition) is 4. The molecule has 0 atom stereocenters. The van der Waals surface area contributed by atoms with Gasteiger partial charge in [-0.3, -0.25) is 4.79 Å². The van der Waals surface area contributed by atoms with Crippen LogP contribution in [0.1, 0.15) is 41.3 Å². The minimum absolute atomic E-state index is 0.0458. The maximum Gasteiger partial charge on any atom is 0.407 e. The molecule has 35 heavy (non-hydrogen) atoms. The van der Waals surface area contributed by atoms with Crippen molar-refractivity contribution in [1.82, 2.24) is 5.32 Å². The van der Waals surface area contributed by atoms with Gasteiger partial charge in [0.2, 0.25) is 5.91 Å². The number of ether oxygens (including phenoxy) is 1. The number of alkyl carbamates (subject to hydrolysis) is 1. The third kappa shape index (κ3) is 5.22. The molecular formula is C27H25BrN2O5. The summed E-state index contributed by atoms with van der Waals surface area (Å²) in [7, 11) is 0. The van der Waals surface area contributed by atoms with Crippen LogP contribution in [-0.2, 0) is 9.53 Å². The van der Waals surface area contributed by atoms with Crippen LogP contribution in [0.3, 0.4) is 0 Å². The predicted molar refractivity (Wildman–Crippen MR) is 137 cm³/mol. The summed E-state index contributed by atoms with van der Waals surface area (Å²) in [5.74, 6) is -1.44. The molecule has 4 rings (SSSR count). The summed E-state index contributed by atoms with van der Waals surface area (Å²) < 4.78 is 5.99. The number of carbonyl (C=O) groups excluding carboxylic acids is 2. The second-order valence-corrected chi connectivity index (χ2v) is 9.87. The molecule has 3 N–H and O–H groups in total. The lowest BCUT2D eigenvalue weighted by Crippen LogP contribution is -2.42. The first-order chi connectivity index (χ1) is 16.7. The highest BCUT2D eigenvalue weighted by Gasteiger charge is 2.31. The van der Waals surface area contributed by atoms with Gasteiger partial charge in [-0.05, 0) is 70.2 Å². The molecule has 0 aliphatic heterocycles. The Morgan fingerprint density at radius 3 is 2.14 bits per heavy atom. The van der Waals surface area contributed by atoms with Crippen LogP contribution in [0.2, 0.25) is 0 Å². The largest absolute Gasteiger partial charge is 0.478 e. The van der Waals surface area contributed by atoms with Crippen molar-refractivity contribution < 1.29 is 24.2 Å². The summed E-state index contributed by atoms with van der Waals surface area (Å²) in [6.07, 6.45) is -0.597. The summed E-state index contributed by atoms with van der Waals surface area (Å²) in [6.45, 7) is 3.65. The molecule has 0 heterocycles. The molecule has 0 bridgehead atoms. The van der Waals surface area contributed by atoms with Gasteiger partial charge in [0.1, 0.15) is 6.61 Å². The van der Waals surface area contributed by atoms with Gasteiger partial charge in [-0.25, -0.2) is 9.59 Å². The summed E-state index contributed by atoms with van der Waals surface area (Å²) in [5.41, 5.74) is 4.15. The SMILES string of the molecule is CC(C)(CNC(=O)OCC1c2ccccc2-c2ccccc21)C(=O)Nc1ccc(C(=O)O)cc1Br. The van der Waals surface area contributed by atoms with E-state index in [-0.39, 0.29) is 30.5 Å². The summed E-state index contributed by atoms with van der Waals surface area (Å²) in [4.78, 5) is 36.4. The Kier molecular flexibility index (Phi) is 6.93. The number of nitrogens with one attached hydrogen (secondary N) is 2. The third-order valence-electron chi connectivity index (χ3n) is 6.10. The second kappa shape index (κ2) is 9.92. The van der Waals surface area contributed by atoms with Crippen molar-refractivity contribution in [2.24, 2.45) is 5.41 Å². The number of fused-ring (bicyclic) bond motifs is 3. The average molecular weight is 537 g/mol. The molecule has 0 spiro atoms. The highest BCUT2D eigenvalue weighted by Crippen LogP contribution is 2.44. The van der Waals surface area contributed by atoms with E-state index in [9.17, 15) is 14.4 Å². The standard InChI is InChI=1S/C27H25BrN2O5/c1-27(2,25(33)30-23-12-11-16(24(31)32)13-22(23)28)15-29-26(34)35-14-21-19-9-5-3-7-17(19)18-8-4-6-10-20(18)21/h3-13,21H,14-15H2,1-2H3,(H,29,34)(H,30,33)(H,31,32). The first-order valence-corrected chi connectivity index (χ1v) is 11.9. The topological polar surface area (TPSA) is 105 Å². The van der Waals surface area contributed by atoms with E-state index in [0.29, 0.717) is 10.2 Å². The maximum absolute atomic E-state index is 12.8. The Morgan fingerprint density at radius 1 is 0.971 bits per heavy atom. The molecule has 1 aliphatic carbocycles. The van der Waals surface area contributed by atoms with Gasteiger partial charge >= 0.3 is 12.1 Å².